The molecule has 13 heavy (non-hydrogen) atoms. The van der Waals surface area contributed by atoms with Gasteiger partial charge in [0, 0.05) is 13.1 Å². The molecule has 0 fully saturated rings. The number of nitrogens with one attached hydrogen (secondary N) is 2. The quantitative estimate of drug-likeness (QED) is 0.650. The number of hydrogen-bond donors (Lipinski definition) is 2. The summed E-state index contributed by atoms with van der Waals surface area (Å²) in [7, 11) is 1.88. The molecule has 1 amide bonds. The van der Waals surface area contributed by atoms with E-state index in [4.69, 9.17) is 0 Å². The van der Waals surface area contributed by atoms with Crippen LogP contribution in [0.5, 0.6) is 0 Å². The van der Waals surface area contributed by atoms with Crippen LogP contribution in [-0.4, -0.2) is 26.0 Å². The zero-order valence-corrected chi connectivity index (χ0v) is 9.18. The molecule has 0 rings (SSSR count). The summed E-state index contributed by atoms with van der Waals surface area (Å²) in [5.41, 5.74) is 0. The van der Waals surface area contributed by atoms with Gasteiger partial charge in [0.2, 0.25) is 5.91 Å². The third kappa shape index (κ3) is 4.88. The Hall–Kier alpha value is -0.570. The van der Waals surface area contributed by atoms with Crippen molar-refractivity contribution in [2.45, 2.75) is 27.2 Å². The third-order valence-corrected chi connectivity index (χ3v) is 2.11. The average molecular weight is 186 g/mol. The second kappa shape index (κ2) is 6.89. The molecule has 2 N–H and O–H groups in total. The summed E-state index contributed by atoms with van der Waals surface area (Å²) in [5.74, 6) is 0.659. The largest absolute Gasteiger partial charge is 0.356 e. The standard InChI is InChI=1S/C10H22N2O/c1-5-6-12-10(13)9(7-11-4)8(2)3/h8-9,11H,5-7H2,1-4H3,(H,12,13). The zero-order valence-electron chi connectivity index (χ0n) is 9.18. The van der Waals surface area contributed by atoms with Crippen molar-refractivity contribution in [1.29, 1.82) is 0 Å². The molecule has 0 aromatic carbocycles. The Morgan fingerprint density at radius 1 is 1.38 bits per heavy atom. The number of amides is 1. The van der Waals surface area contributed by atoms with E-state index in [1.807, 2.05) is 7.05 Å². The number of rotatable bonds is 6. The summed E-state index contributed by atoms with van der Waals surface area (Å²) in [6, 6.07) is 0. The van der Waals surface area contributed by atoms with E-state index in [-0.39, 0.29) is 11.8 Å². The first kappa shape index (κ1) is 12.4. The number of carbonyl (C=O) groups excluding carboxylic acids is 1. The summed E-state index contributed by atoms with van der Waals surface area (Å²) in [4.78, 5) is 11.6. The van der Waals surface area contributed by atoms with Crippen LogP contribution in [0, 0.1) is 11.8 Å². The van der Waals surface area contributed by atoms with Gasteiger partial charge in [0.05, 0.1) is 5.92 Å². The van der Waals surface area contributed by atoms with E-state index in [2.05, 4.69) is 31.4 Å². The molecule has 0 aliphatic heterocycles. The molecule has 0 aliphatic rings. The second-order valence-corrected chi connectivity index (χ2v) is 3.70. The molecule has 0 saturated carbocycles. The van der Waals surface area contributed by atoms with Crippen LogP contribution in [0.2, 0.25) is 0 Å². The highest BCUT2D eigenvalue weighted by molar-refractivity contribution is 5.79. The van der Waals surface area contributed by atoms with Crippen LogP contribution in [0.25, 0.3) is 0 Å². The van der Waals surface area contributed by atoms with Crippen LogP contribution >= 0.6 is 0 Å². The van der Waals surface area contributed by atoms with Crippen LogP contribution in [0.15, 0.2) is 0 Å². The van der Waals surface area contributed by atoms with Gasteiger partial charge in [-0.2, -0.15) is 0 Å². The lowest BCUT2D eigenvalue weighted by atomic mass is 9.95. The van der Waals surface area contributed by atoms with Crippen molar-refractivity contribution in [2.75, 3.05) is 20.1 Å². The van der Waals surface area contributed by atoms with Gasteiger partial charge < -0.3 is 10.6 Å². The zero-order chi connectivity index (χ0) is 10.3. The molecule has 0 aromatic rings. The van der Waals surface area contributed by atoms with Gasteiger partial charge in [-0.25, -0.2) is 0 Å². The number of carbonyl (C=O) groups is 1. The normalized spacial score (nSPS) is 13.0. The highest BCUT2D eigenvalue weighted by atomic mass is 16.1. The lowest BCUT2D eigenvalue weighted by molar-refractivity contribution is -0.126. The van der Waals surface area contributed by atoms with Crippen molar-refractivity contribution in [2.24, 2.45) is 11.8 Å². The van der Waals surface area contributed by atoms with E-state index < -0.39 is 0 Å². The minimum absolute atomic E-state index is 0.0940. The van der Waals surface area contributed by atoms with Gasteiger partial charge in [0.1, 0.15) is 0 Å². The van der Waals surface area contributed by atoms with Crippen molar-refractivity contribution in [3.63, 3.8) is 0 Å². The van der Waals surface area contributed by atoms with E-state index in [9.17, 15) is 4.79 Å². The first-order valence-corrected chi connectivity index (χ1v) is 5.05. The second-order valence-electron chi connectivity index (χ2n) is 3.70. The first-order chi connectivity index (χ1) is 6.13. The first-order valence-electron chi connectivity index (χ1n) is 5.05. The molecule has 0 aromatic heterocycles. The predicted octanol–water partition coefficient (Wildman–Crippen LogP) is 1.00. The summed E-state index contributed by atoms with van der Waals surface area (Å²) < 4.78 is 0. The fraction of sp³-hybridized carbons (Fsp3) is 0.900. The minimum Gasteiger partial charge on any atom is -0.356 e. The molecule has 0 saturated heterocycles. The molecule has 1 atom stereocenters. The van der Waals surface area contributed by atoms with Crippen molar-refractivity contribution in [3.8, 4) is 0 Å². The Labute approximate surface area is 81.3 Å². The Bertz CT molecular complexity index is 146. The highest BCUT2D eigenvalue weighted by Crippen LogP contribution is 2.09. The Kier molecular flexibility index (Phi) is 6.59. The Morgan fingerprint density at radius 3 is 2.38 bits per heavy atom. The molecular formula is C10H22N2O. The van der Waals surface area contributed by atoms with Gasteiger partial charge in [-0.05, 0) is 19.4 Å². The smallest absolute Gasteiger partial charge is 0.224 e. The molecule has 3 heteroatoms. The van der Waals surface area contributed by atoms with Gasteiger partial charge in [0.25, 0.3) is 0 Å². The van der Waals surface area contributed by atoms with Gasteiger partial charge in [-0.1, -0.05) is 20.8 Å². The summed E-state index contributed by atoms with van der Waals surface area (Å²) in [6.07, 6.45) is 0.996. The molecule has 78 valence electrons. The van der Waals surface area contributed by atoms with E-state index in [1.165, 1.54) is 0 Å². The lowest BCUT2D eigenvalue weighted by Crippen LogP contribution is -2.39. The molecular weight excluding hydrogens is 164 g/mol. The maximum absolute atomic E-state index is 11.6. The van der Waals surface area contributed by atoms with Gasteiger partial charge in [0.15, 0.2) is 0 Å². The SMILES string of the molecule is CCCNC(=O)C(CNC)C(C)C. The third-order valence-electron chi connectivity index (χ3n) is 2.11. The maximum Gasteiger partial charge on any atom is 0.224 e. The van der Waals surface area contributed by atoms with E-state index in [0.717, 1.165) is 19.5 Å². The summed E-state index contributed by atoms with van der Waals surface area (Å²) >= 11 is 0. The average Bonchev–Trinajstić information content (AvgIpc) is 2.09. The predicted molar refractivity (Wildman–Crippen MR) is 55.6 cm³/mol. The molecule has 0 bridgehead atoms. The number of hydrogen-bond acceptors (Lipinski definition) is 2. The van der Waals surface area contributed by atoms with Gasteiger partial charge in [-0.15, -0.1) is 0 Å². The molecule has 1 unspecified atom stereocenters. The molecule has 0 radical (unpaired) electrons. The van der Waals surface area contributed by atoms with Gasteiger partial charge >= 0.3 is 0 Å². The monoisotopic (exact) mass is 186 g/mol. The van der Waals surface area contributed by atoms with Crippen molar-refractivity contribution < 1.29 is 4.79 Å². The van der Waals surface area contributed by atoms with Gasteiger partial charge in [-0.3, -0.25) is 4.79 Å². The van der Waals surface area contributed by atoms with Crippen LogP contribution < -0.4 is 10.6 Å². The summed E-state index contributed by atoms with van der Waals surface area (Å²) in [6.45, 7) is 7.75. The molecule has 0 aliphatic carbocycles. The Balaban J connectivity index is 3.96. The van der Waals surface area contributed by atoms with Crippen LogP contribution in [0.4, 0.5) is 0 Å². The van der Waals surface area contributed by atoms with Crippen molar-refractivity contribution in [1.82, 2.24) is 10.6 Å². The maximum atomic E-state index is 11.6. The van der Waals surface area contributed by atoms with Crippen LogP contribution in [0.1, 0.15) is 27.2 Å². The van der Waals surface area contributed by atoms with E-state index in [0.29, 0.717) is 5.92 Å². The van der Waals surface area contributed by atoms with Crippen LogP contribution in [0.3, 0.4) is 0 Å². The van der Waals surface area contributed by atoms with Crippen molar-refractivity contribution in [3.05, 3.63) is 0 Å². The Morgan fingerprint density at radius 2 is 2.00 bits per heavy atom. The fourth-order valence-corrected chi connectivity index (χ4v) is 1.23. The molecule has 3 nitrogen and oxygen atoms in total. The highest BCUT2D eigenvalue weighted by Gasteiger charge is 2.20. The summed E-state index contributed by atoms with van der Waals surface area (Å²) in [5, 5.41) is 5.97. The lowest BCUT2D eigenvalue weighted by Gasteiger charge is -2.19. The van der Waals surface area contributed by atoms with Crippen molar-refractivity contribution >= 4 is 5.91 Å². The minimum atomic E-state index is 0.0940. The van der Waals surface area contributed by atoms with E-state index in [1.54, 1.807) is 0 Å². The van der Waals surface area contributed by atoms with E-state index >= 15 is 0 Å². The van der Waals surface area contributed by atoms with Crippen LogP contribution in [-0.2, 0) is 4.79 Å². The molecule has 0 spiro atoms. The topological polar surface area (TPSA) is 41.1 Å². The fourth-order valence-electron chi connectivity index (χ4n) is 1.23. The molecule has 0 heterocycles.